The maximum Gasteiger partial charge on any atom is 0.295 e. The fraction of sp³-hybridized carbons (Fsp3) is 0.467. The zero-order chi connectivity index (χ0) is 27.9. The lowest BCUT2D eigenvalue weighted by atomic mass is 9.95. The number of aliphatic hydroxyl groups is 1. The molecule has 1 atom stereocenters. The van der Waals surface area contributed by atoms with Crippen LogP contribution >= 0.6 is 0 Å². The fourth-order valence-corrected chi connectivity index (χ4v) is 4.84. The van der Waals surface area contributed by atoms with E-state index in [0.29, 0.717) is 67.2 Å². The molecule has 1 unspecified atom stereocenters. The van der Waals surface area contributed by atoms with Crippen molar-refractivity contribution < 1.29 is 33.6 Å². The molecule has 1 N–H and O–H groups in total. The van der Waals surface area contributed by atoms with Crippen LogP contribution in [0.1, 0.15) is 37.4 Å². The Bertz CT molecular complexity index is 1200. The van der Waals surface area contributed by atoms with Gasteiger partial charge in [-0.2, -0.15) is 0 Å². The molecule has 4 rings (SSSR count). The number of amides is 1. The molecular weight excluding hydrogens is 500 g/mol. The smallest absolute Gasteiger partial charge is 0.295 e. The standard InChI is InChI=1S/C30H38N2O7/c1-20(2)10-15-39-24-9-8-21(19-25(24)37-4)27-26(28(33)22-6-5-7-23(18-22)36-3)29(34)30(35)32(27)12-11-31-13-16-38-17-14-31/h5-9,18-20,27,33H,10-17H2,1-4H3/b28-26+. The highest BCUT2D eigenvalue weighted by Gasteiger charge is 2.46. The first-order valence-electron chi connectivity index (χ1n) is 13.4. The molecule has 210 valence electrons. The number of likely N-dealkylation sites (tertiary alicyclic amines) is 1. The molecule has 2 saturated heterocycles. The highest BCUT2D eigenvalue weighted by atomic mass is 16.5. The number of hydrogen-bond donors (Lipinski definition) is 1. The zero-order valence-corrected chi connectivity index (χ0v) is 23.1. The Hall–Kier alpha value is -3.56. The van der Waals surface area contributed by atoms with Gasteiger partial charge in [-0.15, -0.1) is 0 Å². The number of carbonyl (C=O) groups excluding carboxylic acids is 2. The molecule has 0 aliphatic carbocycles. The molecule has 2 aromatic rings. The summed E-state index contributed by atoms with van der Waals surface area (Å²) in [6, 6.07) is 11.4. The number of ether oxygens (including phenoxy) is 4. The summed E-state index contributed by atoms with van der Waals surface area (Å²) in [5, 5.41) is 11.4. The lowest BCUT2D eigenvalue weighted by Crippen LogP contribution is -2.42. The van der Waals surface area contributed by atoms with Crippen LogP contribution in [0.4, 0.5) is 0 Å². The minimum Gasteiger partial charge on any atom is -0.507 e. The first kappa shape index (κ1) is 28.4. The number of benzene rings is 2. The summed E-state index contributed by atoms with van der Waals surface area (Å²) in [6.45, 7) is 8.49. The Morgan fingerprint density at radius 3 is 2.49 bits per heavy atom. The number of rotatable bonds is 11. The van der Waals surface area contributed by atoms with Crippen LogP contribution in [0.5, 0.6) is 17.2 Å². The van der Waals surface area contributed by atoms with Gasteiger partial charge in [-0.1, -0.05) is 32.0 Å². The van der Waals surface area contributed by atoms with Crippen LogP contribution in [-0.4, -0.2) is 86.8 Å². The Kier molecular flexibility index (Phi) is 9.48. The number of nitrogens with zero attached hydrogens (tertiary/aromatic N) is 2. The third kappa shape index (κ3) is 6.54. The monoisotopic (exact) mass is 538 g/mol. The van der Waals surface area contributed by atoms with Crippen LogP contribution in [0.15, 0.2) is 48.0 Å². The molecule has 9 nitrogen and oxygen atoms in total. The summed E-state index contributed by atoms with van der Waals surface area (Å²) in [5.74, 6) is 0.492. The largest absolute Gasteiger partial charge is 0.507 e. The predicted octanol–water partition coefficient (Wildman–Crippen LogP) is 3.88. The number of methoxy groups -OCH3 is 2. The lowest BCUT2D eigenvalue weighted by Gasteiger charge is -2.31. The normalized spacial score (nSPS) is 19.5. The highest BCUT2D eigenvalue weighted by molar-refractivity contribution is 6.46. The molecule has 2 heterocycles. The number of Topliss-reactive ketones (excluding diaryl/α,β-unsaturated/α-hetero) is 1. The summed E-state index contributed by atoms with van der Waals surface area (Å²) in [4.78, 5) is 30.5. The molecule has 0 bridgehead atoms. The van der Waals surface area contributed by atoms with Crippen molar-refractivity contribution in [3.8, 4) is 17.2 Å². The number of hydrogen-bond acceptors (Lipinski definition) is 8. The Morgan fingerprint density at radius 2 is 1.79 bits per heavy atom. The van der Waals surface area contributed by atoms with Gasteiger partial charge < -0.3 is 29.0 Å². The Morgan fingerprint density at radius 1 is 1.03 bits per heavy atom. The van der Waals surface area contributed by atoms with E-state index in [-0.39, 0.29) is 11.3 Å². The second-order valence-electron chi connectivity index (χ2n) is 10.1. The second kappa shape index (κ2) is 13.0. The third-order valence-electron chi connectivity index (χ3n) is 7.10. The molecule has 0 radical (unpaired) electrons. The minimum atomic E-state index is -0.796. The van der Waals surface area contributed by atoms with Crippen molar-refractivity contribution in [2.45, 2.75) is 26.3 Å². The van der Waals surface area contributed by atoms with Crippen molar-refractivity contribution in [2.24, 2.45) is 5.92 Å². The second-order valence-corrected chi connectivity index (χ2v) is 10.1. The van der Waals surface area contributed by atoms with E-state index in [1.54, 1.807) is 43.5 Å². The van der Waals surface area contributed by atoms with Crippen LogP contribution in [-0.2, 0) is 14.3 Å². The summed E-state index contributed by atoms with van der Waals surface area (Å²) in [7, 11) is 3.08. The number of morpholine rings is 1. The van der Waals surface area contributed by atoms with Gasteiger partial charge in [-0.05, 0) is 42.2 Å². The van der Waals surface area contributed by atoms with Crippen molar-refractivity contribution in [1.29, 1.82) is 0 Å². The lowest BCUT2D eigenvalue weighted by molar-refractivity contribution is -0.140. The van der Waals surface area contributed by atoms with Gasteiger partial charge >= 0.3 is 0 Å². The molecule has 2 fully saturated rings. The van der Waals surface area contributed by atoms with E-state index < -0.39 is 17.7 Å². The van der Waals surface area contributed by atoms with E-state index in [2.05, 4.69) is 18.7 Å². The predicted molar refractivity (Wildman–Crippen MR) is 147 cm³/mol. The van der Waals surface area contributed by atoms with Gasteiger partial charge in [0, 0.05) is 31.7 Å². The van der Waals surface area contributed by atoms with Crippen molar-refractivity contribution in [2.75, 3.05) is 60.2 Å². The molecular formula is C30H38N2O7. The fourth-order valence-electron chi connectivity index (χ4n) is 4.84. The SMILES string of the molecule is COc1cccc(/C(O)=C2\C(=O)C(=O)N(CCN3CCOCC3)C2c2ccc(OCCC(C)C)c(OC)c2)c1. The summed E-state index contributed by atoms with van der Waals surface area (Å²) < 4.78 is 22.3. The summed E-state index contributed by atoms with van der Waals surface area (Å²) in [6.07, 6.45) is 0.896. The topological polar surface area (TPSA) is 97.8 Å². The molecule has 9 heteroatoms. The first-order chi connectivity index (χ1) is 18.8. The average molecular weight is 539 g/mol. The van der Waals surface area contributed by atoms with Crippen LogP contribution < -0.4 is 14.2 Å². The van der Waals surface area contributed by atoms with Gasteiger partial charge in [0.05, 0.1) is 45.7 Å². The van der Waals surface area contributed by atoms with E-state index in [4.69, 9.17) is 18.9 Å². The number of aliphatic hydroxyl groups excluding tert-OH is 1. The number of ketones is 1. The van der Waals surface area contributed by atoms with Crippen molar-refractivity contribution in [1.82, 2.24) is 9.80 Å². The molecule has 0 spiro atoms. The van der Waals surface area contributed by atoms with Crippen molar-refractivity contribution in [3.63, 3.8) is 0 Å². The van der Waals surface area contributed by atoms with Crippen molar-refractivity contribution >= 4 is 17.4 Å². The molecule has 2 aliphatic rings. The van der Waals surface area contributed by atoms with Gasteiger partial charge in [0.2, 0.25) is 0 Å². The zero-order valence-electron chi connectivity index (χ0n) is 23.1. The minimum absolute atomic E-state index is 0.0331. The highest BCUT2D eigenvalue weighted by Crippen LogP contribution is 2.42. The van der Waals surface area contributed by atoms with Gasteiger partial charge in [0.25, 0.3) is 11.7 Å². The van der Waals surface area contributed by atoms with Gasteiger partial charge in [0.15, 0.2) is 11.5 Å². The van der Waals surface area contributed by atoms with Gasteiger partial charge in [-0.3, -0.25) is 14.5 Å². The molecule has 1 amide bonds. The quantitative estimate of drug-likeness (QED) is 0.262. The number of carbonyl (C=O) groups is 2. The third-order valence-corrected chi connectivity index (χ3v) is 7.10. The van der Waals surface area contributed by atoms with E-state index in [9.17, 15) is 14.7 Å². The average Bonchev–Trinajstić information content (AvgIpc) is 3.21. The maximum absolute atomic E-state index is 13.4. The van der Waals surface area contributed by atoms with Crippen LogP contribution in [0.25, 0.3) is 5.76 Å². The Balaban J connectivity index is 1.74. The molecule has 39 heavy (non-hydrogen) atoms. The van der Waals surface area contributed by atoms with E-state index in [1.165, 1.54) is 12.0 Å². The molecule has 0 aromatic heterocycles. The van der Waals surface area contributed by atoms with E-state index >= 15 is 0 Å². The van der Waals surface area contributed by atoms with Crippen LogP contribution in [0.2, 0.25) is 0 Å². The molecule has 2 aliphatic heterocycles. The molecule has 0 saturated carbocycles. The Labute approximate surface area is 229 Å². The maximum atomic E-state index is 13.4. The van der Waals surface area contributed by atoms with Gasteiger partial charge in [-0.25, -0.2) is 0 Å². The van der Waals surface area contributed by atoms with Gasteiger partial charge in [0.1, 0.15) is 11.5 Å². The van der Waals surface area contributed by atoms with Crippen LogP contribution in [0, 0.1) is 5.92 Å². The van der Waals surface area contributed by atoms with Crippen LogP contribution in [0.3, 0.4) is 0 Å². The first-order valence-corrected chi connectivity index (χ1v) is 13.4. The van der Waals surface area contributed by atoms with E-state index in [1.807, 2.05) is 6.07 Å². The molecule has 2 aromatic carbocycles. The van der Waals surface area contributed by atoms with Crippen molar-refractivity contribution in [3.05, 3.63) is 59.2 Å². The summed E-state index contributed by atoms with van der Waals surface area (Å²) >= 11 is 0. The summed E-state index contributed by atoms with van der Waals surface area (Å²) in [5.41, 5.74) is 1.07. The van der Waals surface area contributed by atoms with E-state index in [0.717, 1.165) is 19.5 Å².